The van der Waals surface area contributed by atoms with Gasteiger partial charge in [0.1, 0.15) is 6.33 Å². The number of halogens is 1. The minimum atomic E-state index is -0.102. The van der Waals surface area contributed by atoms with Gasteiger partial charge in [-0.3, -0.25) is 0 Å². The average Bonchev–Trinajstić information content (AvgIpc) is 2.56. The molecule has 2 aromatic rings. The number of hydrogen-bond acceptors (Lipinski definition) is 3. The number of carbonyl (C=O) groups excluding carboxylic acids is 1. The molecule has 0 saturated carbocycles. The molecule has 112 valence electrons. The van der Waals surface area contributed by atoms with Crippen LogP contribution in [-0.2, 0) is 0 Å². The van der Waals surface area contributed by atoms with Crippen molar-refractivity contribution in [1.82, 2.24) is 14.9 Å². The van der Waals surface area contributed by atoms with Crippen molar-refractivity contribution >= 4 is 28.9 Å². The first-order valence-corrected chi connectivity index (χ1v) is 7.38. The van der Waals surface area contributed by atoms with E-state index in [1.807, 2.05) is 36.4 Å². The second-order valence-corrected chi connectivity index (χ2v) is 5.35. The van der Waals surface area contributed by atoms with Crippen LogP contribution in [0.4, 0.5) is 10.5 Å². The van der Waals surface area contributed by atoms with Crippen molar-refractivity contribution in [2.45, 2.75) is 6.42 Å². The van der Waals surface area contributed by atoms with Crippen LogP contribution in [0.3, 0.4) is 0 Å². The Labute approximate surface area is 133 Å². The Morgan fingerprint density at radius 3 is 2.77 bits per heavy atom. The first-order chi connectivity index (χ1) is 10.7. The molecule has 6 heteroatoms. The molecule has 22 heavy (non-hydrogen) atoms. The number of aromatic nitrogens is 2. The minimum absolute atomic E-state index is 0.102. The number of amides is 2. The molecule has 2 heterocycles. The molecule has 0 atom stereocenters. The van der Waals surface area contributed by atoms with Crippen LogP contribution in [0, 0.1) is 0 Å². The summed E-state index contributed by atoms with van der Waals surface area (Å²) >= 11 is 6.11. The SMILES string of the molecule is O=C(Nc1ccccc1)N1CC=C(c2ncncc2Cl)CC1. The zero-order valence-corrected chi connectivity index (χ0v) is 12.6. The van der Waals surface area contributed by atoms with Gasteiger partial charge >= 0.3 is 6.03 Å². The van der Waals surface area contributed by atoms with Crippen LogP contribution >= 0.6 is 11.6 Å². The lowest BCUT2D eigenvalue weighted by molar-refractivity contribution is 0.217. The molecule has 5 nitrogen and oxygen atoms in total. The quantitative estimate of drug-likeness (QED) is 0.923. The van der Waals surface area contributed by atoms with Gasteiger partial charge in [-0.15, -0.1) is 0 Å². The molecule has 1 aromatic carbocycles. The number of hydrogen-bond donors (Lipinski definition) is 1. The first kappa shape index (κ1) is 14.5. The molecule has 0 radical (unpaired) electrons. The highest BCUT2D eigenvalue weighted by molar-refractivity contribution is 6.32. The molecule has 1 aliphatic rings. The monoisotopic (exact) mass is 314 g/mol. The molecule has 0 bridgehead atoms. The molecule has 3 rings (SSSR count). The summed E-state index contributed by atoms with van der Waals surface area (Å²) in [6, 6.07) is 9.32. The summed E-state index contributed by atoms with van der Waals surface area (Å²) in [5.41, 5.74) is 2.59. The maximum absolute atomic E-state index is 12.2. The Balaban J connectivity index is 1.66. The molecule has 0 fully saturated rings. The van der Waals surface area contributed by atoms with Crippen LogP contribution in [0.25, 0.3) is 5.57 Å². The molecule has 1 aliphatic heterocycles. The third-order valence-corrected chi connectivity index (χ3v) is 3.77. The normalized spacial score (nSPS) is 14.4. The van der Waals surface area contributed by atoms with Gasteiger partial charge in [-0.2, -0.15) is 0 Å². The summed E-state index contributed by atoms with van der Waals surface area (Å²) < 4.78 is 0. The van der Waals surface area contributed by atoms with Gasteiger partial charge in [0, 0.05) is 25.0 Å². The fourth-order valence-corrected chi connectivity index (χ4v) is 2.57. The molecule has 0 aliphatic carbocycles. The molecular formula is C16H15ClN4O. The molecule has 0 spiro atoms. The van der Waals surface area contributed by atoms with Gasteiger partial charge in [0.15, 0.2) is 0 Å². The largest absolute Gasteiger partial charge is 0.322 e. The topological polar surface area (TPSA) is 58.1 Å². The molecule has 0 unspecified atom stereocenters. The van der Waals surface area contributed by atoms with E-state index < -0.39 is 0 Å². The summed E-state index contributed by atoms with van der Waals surface area (Å²) in [5.74, 6) is 0. The van der Waals surface area contributed by atoms with Gasteiger partial charge < -0.3 is 10.2 Å². The Hall–Kier alpha value is -2.40. The smallest absolute Gasteiger partial charge is 0.320 e. The third-order valence-electron chi connectivity index (χ3n) is 3.49. The minimum Gasteiger partial charge on any atom is -0.320 e. The van der Waals surface area contributed by atoms with Gasteiger partial charge in [0.05, 0.1) is 10.7 Å². The number of carbonyl (C=O) groups is 1. The van der Waals surface area contributed by atoms with Gasteiger partial charge in [-0.05, 0) is 24.1 Å². The second kappa shape index (κ2) is 6.58. The van der Waals surface area contributed by atoms with Crippen LogP contribution < -0.4 is 5.32 Å². The summed E-state index contributed by atoms with van der Waals surface area (Å²) in [6.07, 6.45) is 5.77. The highest BCUT2D eigenvalue weighted by Gasteiger charge is 2.19. The third kappa shape index (κ3) is 3.26. The average molecular weight is 315 g/mol. The van der Waals surface area contributed by atoms with Gasteiger partial charge in [-0.1, -0.05) is 35.9 Å². The van der Waals surface area contributed by atoms with E-state index in [0.717, 1.165) is 23.4 Å². The molecule has 2 amide bonds. The van der Waals surface area contributed by atoms with E-state index in [1.54, 1.807) is 11.1 Å². The fourth-order valence-electron chi connectivity index (χ4n) is 2.34. The highest BCUT2D eigenvalue weighted by atomic mass is 35.5. The van der Waals surface area contributed by atoms with Crippen molar-refractivity contribution in [2.24, 2.45) is 0 Å². The maximum Gasteiger partial charge on any atom is 0.322 e. The van der Waals surface area contributed by atoms with Gasteiger partial charge in [-0.25, -0.2) is 14.8 Å². The highest BCUT2D eigenvalue weighted by Crippen LogP contribution is 2.26. The zero-order chi connectivity index (χ0) is 15.4. The lowest BCUT2D eigenvalue weighted by Gasteiger charge is -2.26. The van der Waals surface area contributed by atoms with Crippen LogP contribution in [0.5, 0.6) is 0 Å². The Morgan fingerprint density at radius 1 is 1.27 bits per heavy atom. The number of nitrogens with zero attached hydrogens (tertiary/aromatic N) is 3. The molecular weight excluding hydrogens is 300 g/mol. The number of urea groups is 1. The Morgan fingerprint density at radius 2 is 2.09 bits per heavy atom. The first-order valence-electron chi connectivity index (χ1n) is 7.00. The van der Waals surface area contributed by atoms with E-state index in [4.69, 9.17) is 11.6 Å². The summed E-state index contributed by atoms with van der Waals surface area (Å²) in [7, 11) is 0. The molecule has 1 aromatic heterocycles. The van der Waals surface area contributed by atoms with Gasteiger partial charge in [0.25, 0.3) is 0 Å². The van der Waals surface area contributed by atoms with Crippen molar-refractivity contribution in [3.8, 4) is 0 Å². The second-order valence-electron chi connectivity index (χ2n) is 4.94. The fraction of sp³-hybridized carbons (Fsp3) is 0.188. The van der Waals surface area contributed by atoms with E-state index >= 15 is 0 Å². The Bertz CT molecular complexity index is 702. The van der Waals surface area contributed by atoms with Crippen molar-refractivity contribution in [2.75, 3.05) is 18.4 Å². The standard InChI is InChI=1S/C16H15ClN4O/c17-14-10-18-11-19-15(14)12-6-8-21(9-7-12)16(22)20-13-4-2-1-3-5-13/h1-6,10-11H,7-9H2,(H,20,22). The van der Waals surface area contributed by atoms with Crippen molar-refractivity contribution in [1.29, 1.82) is 0 Å². The van der Waals surface area contributed by atoms with Crippen molar-refractivity contribution in [3.05, 3.63) is 59.6 Å². The molecule has 1 N–H and O–H groups in total. The number of para-hydroxylation sites is 1. The summed E-state index contributed by atoms with van der Waals surface area (Å²) in [6.45, 7) is 1.17. The Kier molecular flexibility index (Phi) is 4.34. The zero-order valence-electron chi connectivity index (χ0n) is 11.9. The lowest BCUT2D eigenvalue weighted by Crippen LogP contribution is -2.37. The predicted octanol–water partition coefficient (Wildman–Crippen LogP) is 3.45. The van der Waals surface area contributed by atoms with Crippen molar-refractivity contribution in [3.63, 3.8) is 0 Å². The number of nitrogens with one attached hydrogen (secondary N) is 1. The van der Waals surface area contributed by atoms with E-state index in [9.17, 15) is 4.79 Å². The molecule has 0 saturated heterocycles. The maximum atomic E-state index is 12.2. The van der Waals surface area contributed by atoms with Crippen molar-refractivity contribution < 1.29 is 4.79 Å². The van der Waals surface area contributed by atoms with Crippen LogP contribution in [0.1, 0.15) is 12.1 Å². The van der Waals surface area contributed by atoms with Crippen LogP contribution in [0.2, 0.25) is 5.02 Å². The van der Waals surface area contributed by atoms with Crippen LogP contribution in [-0.4, -0.2) is 34.0 Å². The number of benzene rings is 1. The summed E-state index contributed by atoms with van der Waals surface area (Å²) in [4.78, 5) is 22.1. The van der Waals surface area contributed by atoms with Gasteiger partial charge in [0.2, 0.25) is 0 Å². The summed E-state index contributed by atoms with van der Waals surface area (Å²) in [5, 5.41) is 3.42. The van der Waals surface area contributed by atoms with E-state index in [0.29, 0.717) is 18.1 Å². The van der Waals surface area contributed by atoms with E-state index in [-0.39, 0.29) is 6.03 Å². The van der Waals surface area contributed by atoms with E-state index in [1.165, 1.54) is 6.33 Å². The van der Waals surface area contributed by atoms with Crippen LogP contribution in [0.15, 0.2) is 48.9 Å². The number of anilines is 1. The predicted molar refractivity (Wildman–Crippen MR) is 86.7 cm³/mol. The number of rotatable bonds is 2. The lowest BCUT2D eigenvalue weighted by atomic mass is 10.0. The van der Waals surface area contributed by atoms with E-state index in [2.05, 4.69) is 15.3 Å².